The van der Waals surface area contributed by atoms with Crippen molar-refractivity contribution < 1.29 is 14.6 Å². The van der Waals surface area contributed by atoms with Crippen molar-refractivity contribution in [1.82, 2.24) is 4.98 Å². The molecule has 1 atom stereocenters. The number of benzene rings is 1. The molecule has 5 nitrogen and oxygen atoms in total. The molecule has 0 fully saturated rings. The van der Waals surface area contributed by atoms with E-state index in [9.17, 15) is 4.79 Å². The van der Waals surface area contributed by atoms with Crippen molar-refractivity contribution in [2.75, 3.05) is 19.0 Å². The van der Waals surface area contributed by atoms with Crippen LogP contribution in [-0.4, -0.2) is 46.1 Å². The van der Waals surface area contributed by atoms with Gasteiger partial charge in [0.15, 0.2) is 19.3 Å². The Morgan fingerprint density at radius 3 is 3.10 bits per heavy atom. The second-order valence-corrected chi connectivity index (χ2v) is 6.20. The first-order chi connectivity index (χ1) is 9.78. The molecule has 7 heteroatoms. The minimum Gasteiger partial charge on any atom is -0.456 e. The van der Waals surface area contributed by atoms with E-state index in [2.05, 4.69) is 9.98 Å². The molecule has 0 saturated heterocycles. The second-order valence-electron chi connectivity index (χ2n) is 4.17. The molecule has 2 heterocycles. The first-order valence-electron chi connectivity index (χ1n) is 6.15. The largest absolute Gasteiger partial charge is 0.456 e. The van der Waals surface area contributed by atoms with Crippen LogP contribution in [0, 0.1) is 0 Å². The smallest absolute Gasteiger partial charge is 0.332 e. The van der Waals surface area contributed by atoms with Gasteiger partial charge in [-0.05, 0) is 12.1 Å². The highest BCUT2D eigenvalue weighted by atomic mass is 32.2. The summed E-state index contributed by atoms with van der Waals surface area (Å²) < 4.78 is 6.07. The molecule has 20 heavy (non-hydrogen) atoms. The topological polar surface area (TPSA) is 74.5 Å². The summed E-state index contributed by atoms with van der Waals surface area (Å²) in [6.45, 7) is 0.214. The van der Waals surface area contributed by atoms with E-state index < -0.39 is 6.04 Å². The van der Waals surface area contributed by atoms with Crippen LogP contribution in [-0.2, 0) is 9.53 Å². The third kappa shape index (κ3) is 2.70. The maximum Gasteiger partial charge on any atom is 0.332 e. The molecule has 1 aromatic heterocycles. The Hall–Kier alpha value is -1.44. The molecule has 3 rings (SSSR count). The first kappa shape index (κ1) is 13.5. The highest BCUT2D eigenvalue weighted by molar-refractivity contribution is 8.15. The Balaban J connectivity index is 1.79. The first-order valence-corrected chi connectivity index (χ1v) is 7.96. The van der Waals surface area contributed by atoms with E-state index in [0.29, 0.717) is 5.75 Å². The number of para-hydroxylation sites is 1. The summed E-state index contributed by atoms with van der Waals surface area (Å²) in [4.78, 5) is 20.6. The van der Waals surface area contributed by atoms with Crippen LogP contribution in [0.4, 0.5) is 0 Å². The van der Waals surface area contributed by atoms with E-state index in [4.69, 9.17) is 9.84 Å². The van der Waals surface area contributed by atoms with E-state index in [0.717, 1.165) is 20.3 Å². The zero-order valence-electron chi connectivity index (χ0n) is 10.5. The molecule has 1 aromatic carbocycles. The molecule has 0 bridgehead atoms. The minimum absolute atomic E-state index is 0.0834. The van der Waals surface area contributed by atoms with Crippen molar-refractivity contribution in [1.29, 1.82) is 0 Å². The molecule has 1 aliphatic heterocycles. The lowest BCUT2D eigenvalue weighted by Gasteiger charge is -2.03. The van der Waals surface area contributed by atoms with Gasteiger partial charge in [-0.3, -0.25) is 4.99 Å². The molecular weight excluding hydrogens is 296 g/mol. The molecule has 2 N–H and O–H groups in total. The monoisotopic (exact) mass is 309 g/mol. The fourth-order valence-corrected chi connectivity index (χ4v) is 3.88. The quantitative estimate of drug-likeness (QED) is 0.632. The van der Waals surface area contributed by atoms with Crippen LogP contribution >= 0.6 is 23.1 Å². The summed E-state index contributed by atoms with van der Waals surface area (Å²) in [5, 5.41) is 8.63. The average Bonchev–Trinajstić information content (AvgIpc) is 3.10. The molecule has 0 aliphatic carbocycles. The lowest BCUT2D eigenvalue weighted by molar-refractivity contribution is -0.145. The van der Waals surface area contributed by atoms with Crippen LogP contribution in [0.5, 0.6) is 0 Å². The zero-order chi connectivity index (χ0) is 13.9. The normalized spacial score (nSPS) is 18.2. The summed E-state index contributed by atoms with van der Waals surface area (Å²) in [7, 11) is 0. The zero-order valence-corrected chi connectivity index (χ0v) is 12.2. The lowest BCUT2D eigenvalue weighted by Crippen LogP contribution is -2.22. The van der Waals surface area contributed by atoms with E-state index in [1.54, 1.807) is 11.3 Å². The number of aromatic nitrogens is 1. The molecule has 0 amide bonds. The van der Waals surface area contributed by atoms with Gasteiger partial charge >= 0.3 is 5.97 Å². The predicted molar refractivity (Wildman–Crippen MR) is 81.8 cm³/mol. The van der Waals surface area contributed by atoms with Crippen LogP contribution in [0.25, 0.3) is 10.2 Å². The Kier molecular flexibility index (Phi) is 4.00. The van der Waals surface area contributed by atoms with Crippen molar-refractivity contribution >= 4 is 44.3 Å². The van der Waals surface area contributed by atoms with Gasteiger partial charge in [0.2, 0.25) is 0 Å². The molecule has 0 radical (unpaired) electrons. The van der Waals surface area contributed by atoms with Gasteiger partial charge in [-0.25, -0.2) is 9.78 Å². The number of carbonyl (C=O) groups is 1. The van der Waals surface area contributed by atoms with Crippen LogP contribution in [0.1, 0.15) is 5.01 Å². The number of hydrogen-bond donors (Lipinski definition) is 0. The van der Waals surface area contributed by atoms with Crippen LogP contribution in [0.3, 0.4) is 0 Å². The predicted octanol–water partition coefficient (Wildman–Crippen LogP) is 1.43. The number of esters is 1. The van der Waals surface area contributed by atoms with E-state index in [1.807, 2.05) is 24.3 Å². The molecule has 0 spiro atoms. The summed E-state index contributed by atoms with van der Waals surface area (Å²) in [5.41, 5.74) is 0.955. The van der Waals surface area contributed by atoms with Crippen molar-refractivity contribution in [3.63, 3.8) is 0 Å². The van der Waals surface area contributed by atoms with Gasteiger partial charge in [-0.15, -0.1) is 23.1 Å². The standard InChI is InChI=1S/C13H12N2O3S2/c16-5-6-18-13(17)9-7-19-11(15-9)12-14-8-3-1-2-4-10(8)20-12/h1-4,9,16H,5-7H2/p+1. The van der Waals surface area contributed by atoms with E-state index in [-0.39, 0.29) is 19.2 Å². The second kappa shape index (κ2) is 5.90. The summed E-state index contributed by atoms with van der Waals surface area (Å²) in [6, 6.07) is 7.46. The number of fused-ring (bicyclic) bond motifs is 1. The Bertz CT molecular complexity index is 635. The van der Waals surface area contributed by atoms with Gasteiger partial charge in [-0.2, -0.15) is 0 Å². The summed E-state index contributed by atoms with van der Waals surface area (Å²) >= 11 is 3.11. The van der Waals surface area contributed by atoms with E-state index in [1.165, 1.54) is 11.8 Å². The fraction of sp³-hybridized carbons (Fsp3) is 0.308. The average molecular weight is 309 g/mol. The van der Waals surface area contributed by atoms with Gasteiger partial charge in [0, 0.05) is 5.75 Å². The van der Waals surface area contributed by atoms with Gasteiger partial charge in [0.05, 0.1) is 10.2 Å². The molecule has 104 valence electrons. The minimum atomic E-state index is -0.464. The number of thioether (sulfide) groups is 1. The van der Waals surface area contributed by atoms with Crippen molar-refractivity contribution in [2.24, 2.45) is 4.99 Å². The van der Waals surface area contributed by atoms with Crippen LogP contribution in [0.15, 0.2) is 29.3 Å². The molecule has 1 aliphatic rings. The molecular formula is C13H13N2O3S2+. The Morgan fingerprint density at radius 1 is 1.45 bits per heavy atom. The number of rotatable bonds is 4. The maximum atomic E-state index is 11.7. The van der Waals surface area contributed by atoms with Gasteiger partial charge < -0.3 is 9.84 Å². The van der Waals surface area contributed by atoms with Crippen LogP contribution < -0.4 is 0 Å². The number of nitrogens with zero attached hydrogens (tertiary/aromatic N) is 2. The third-order valence-corrected chi connectivity index (χ3v) is 4.97. The number of hydrogen-bond acceptors (Lipinski definition) is 6. The molecule has 1 unspecified atom stereocenters. The maximum absolute atomic E-state index is 11.7. The van der Waals surface area contributed by atoms with Crippen molar-refractivity contribution in [3.05, 3.63) is 29.3 Å². The van der Waals surface area contributed by atoms with Gasteiger partial charge in [-0.1, -0.05) is 12.1 Å². The summed E-state index contributed by atoms with van der Waals surface area (Å²) in [6.07, 6.45) is 0. The van der Waals surface area contributed by atoms with Crippen molar-refractivity contribution in [3.8, 4) is 0 Å². The number of carbonyl (C=O) groups excluding carboxylic acids is 1. The van der Waals surface area contributed by atoms with Gasteiger partial charge in [0.1, 0.15) is 10.1 Å². The lowest BCUT2D eigenvalue weighted by atomic mass is 10.3. The van der Waals surface area contributed by atoms with Gasteiger partial charge in [0.25, 0.3) is 0 Å². The number of thiazole rings is 1. The summed E-state index contributed by atoms with van der Waals surface area (Å²) in [5.74, 6) is 0.239. The highest BCUT2D eigenvalue weighted by Gasteiger charge is 2.28. The molecule has 2 aromatic rings. The third-order valence-electron chi connectivity index (χ3n) is 2.75. The van der Waals surface area contributed by atoms with Crippen molar-refractivity contribution in [2.45, 2.75) is 6.04 Å². The molecule has 0 saturated carbocycles. The highest BCUT2D eigenvalue weighted by Crippen LogP contribution is 2.29. The van der Waals surface area contributed by atoms with E-state index >= 15 is 0 Å². The fourth-order valence-electron chi connectivity index (χ4n) is 1.82. The number of ether oxygens (including phenoxy) is 1. The van der Waals surface area contributed by atoms with Crippen LogP contribution in [0.2, 0.25) is 0 Å². The number of aliphatic imine (C=N–C) groups is 1. The SMILES string of the molecule is O=C(OCC[OH2+])C1CSC(c2nc3ccccc3s2)=N1. The Morgan fingerprint density at radius 2 is 2.30 bits per heavy atom. The Labute approximate surface area is 123 Å².